The Labute approximate surface area is 127 Å². The lowest BCUT2D eigenvalue weighted by Gasteiger charge is -2.17. The van der Waals surface area contributed by atoms with Gasteiger partial charge in [0.2, 0.25) is 0 Å². The molecule has 0 radical (unpaired) electrons. The van der Waals surface area contributed by atoms with Crippen molar-refractivity contribution in [1.82, 2.24) is 15.1 Å². The highest BCUT2D eigenvalue weighted by Gasteiger charge is 2.14. The van der Waals surface area contributed by atoms with E-state index < -0.39 is 0 Å². The molecule has 2 aromatic rings. The van der Waals surface area contributed by atoms with Crippen LogP contribution in [0.15, 0.2) is 24.3 Å². The first-order valence-electron chi connectivity index (χ1n) is 7.98. The summed E-state index contributed by atoms with van der Waals surface area (Å²) in [5.74, 6) is 0. The van der Waals surface area contributed by atoms with E-state index >= 15 is 0 Å². The van der Waals surface area contributed by atoms with Gasteiger partial charge in [0.05, 0.1) is 17.8 Å². The third kappa shape index (κ3) is 4.29. The first-order chi connectivity index (χ1) is 10.3. The molecular formula is C17H27N3O. The van der Waals surface area contributed by atoms with Gasteiger partial charge < -0.3 is 10.1 Å². The quantitative estimate of drug-likeness (QED) is 0.721. The van der Waals surface area contributed by atoms with Crippen molar-refractivity contribution < 1.29 is 4.74 Å². The minimum atomic E-state index is 0.329. The van der Waals surface area contributed by atoms with Crippen LogP contribution < -0.4 is 5.32 Å². The molecule has 0 saturated carbocycles. The molecule has 0 spiro atoms. The van der Waals surface area contributed by atoms with Gasteiger partial charge in [-0.15, -0.1) is 0 Å². The molecule has 0 fully saturated rings. The molecule has 0 amide bonds. The maximum Gasteiger partial charge on any atom is 0.0719 e. The Kier molecular flexibility index (Phi) is 6.21. The zero-order chi connectivity index (χ0) is 15.1. The van der Waals surface area contributed by atoms with Gasteiger partial charge in [-0.3, -0.25) is 4.68 Å². The number of hydrogen-bond donors (Lipinski definition) is 1. The van der Waals surface area contributed by atoms with E-state index in [9.17, 15) is 0 Å². The highest BCUT2D eigenvalue weighted by molar-refractivity contribution is 5.81. The van der Waals surface area contributed by atoms with Crippen molar-refractivity contribution in [3.63, 3.8) is 0 Å². The lowest BCUT2D eigenvalue weighted by molar-refractivity contribution is 0.111. The lowest BCUT2D eigenvalue weighted by atomic mass is 10.1. The fraction of sp³-hybridized carbons (Fsp3) is 0.588. The molecule has 1 aromatic heterocycles. The van der Waals surface area contributed by atoms with E-state index in [2.05, 4.69) is 48.5 Å². The number of benzene rings is 1. The van der Waals surface area contributed by atoms with E-state index in [1.807, 2.05) is 11.7 Å². The van der Waals surface area contributed by atoms with E-state index in [-0.39, 0.29) is 0 Å². The number of nitrogens with one attached hydrogen (secondary N) is 1. The predicted molar refractivity (Wildman–Crippen MR) is 87.6 cm³/mol. The summed E-state index contributed by atoms with van der Waals surface area (Å²) >= 11 is 0. The number of para-hydroxylation sites is 1. The summed E-state index contributed by atoms with van der Waals surface area (Å²) in [4.78, 5) is 0. The predicted octanol–water partition coefficient (Wildman–Crippen LogP) is 2.91. The Hall–Kier alpha value is -1.39. The molecule has 1 N–H and O–H groups in total. The van der Waals surface area contributed by atoms with Gasteiger partial charge in [-0.05, 0) is 25.5 Å². The van der Waals surface area contributed by atoms with E-state index in [1.54, 1.807) is 0 Å². The standard InChI is InChI=1S/C17H27N3O/c1-4-10-18-14(13-21-11-5-2)12-16-15-8-6-7-9-17(15)20(3)19-16/h6-9,14,18H,4-5,10-13H2,1-3H3. The number of ether oxygens (including phenoxy) is 1. The van der Waals surface area contributed by atoms with Gasteiger partial charge in [-0.1, -0.05) is 32.0 Å². The molecule has 1 aromatic carbocycles. The molecule has 0 saturated heterocycles. The van der Waals surface area contributed by atoms with Crippen LogP contribution in [0.3, 0.4) is 0 Å². The summed E-state index contributed by atoms with van der Waals surface area (Å²) in [6, 6.07) is 8.74. The Balaban J connectivity index is 2.09. The number of fused-ring (bicyclic) bond motifs is 1. The highest BCUT2D eigenvalue weighted by Crippen LogP contribution is 2.18. The number of aryl methyl sites for hydroxylation is 1. The lowest BCUT2D eigenvalue weighted by Crippen LogP contribution is -2.36. The maximum atomic E-state index is 5.74. The largest absolute Gasteiger partial charge is 0.380 e. The number of nitrogens with zero attached hydrogens (tertiary/aromatic N) is 2. The highest BCUT2D eigenvalue weighted by atomic mass is 16.5. The summed E-state index contributed by atoms with van der Waals surface area (Å²) in [5.41, 5.74) is 2.35. The second kappa shape index (κ2) is 8.15. The first-order valence-corrected chi connectivity index (χ1v) is 7.98. The molecule has 21 heavy (non-hydrogen) atoms. The topological polar surface area (TPSA) is 39.1 Å². The van der Waals surface area contributed by atoms with Crippen molar-refractivity contribution >= 4 is 10.9 Å². The molecular weight excluding hydrogens is 262 g/mol. The van der Waals surface area contributed by atoms with Crippen molar-refractivity contribution in [2.45, 2.75) is 39.2 Å². The van der Waals surface area contributed by atoms with Gasteiger partial charge >= 0.3 is 0 Å². The number of aromatic nitrogens is 2. The average Bonchev–Trinajstić information content (AvgIpc) is 2.82. The summed E-state index contributed by atoms with van der Waals surface area (Å²) in [7, 11) is 2.01. The smallest absolute Gasteiger partial charge is 0.0719 e. The molecule has 0 bridgehead atoms. The molecule has 0 aliphatic heterocycles. The first kappa shape index (κ1) is 16.0. The molecule has 4 nitrogen and oxygen atoms in total. The molecule has 1 unspecified atom stereocenters. The third-order valence-corrected chi connectivity index (χ3v) is 3.62. The zero-order valence-corrected chi connectivity index (χ0v) is 13.4. The van der Waals surface area contributed by atoms with Crippen molar-refractivity contribution in [3.05, 3.63) is 30.0 Å². The minimum absolute atomic E-state index is 0.329. The van der Waals surface area contributed by atoms with Crippen LogP contribution in [0.2, 0.25) is 0 Å². The van der Waals surface area contributed by atoms with E-state index in [0.717, 1.165) is 44.7 Å². The average molecular weight is 289 g/mol. The molecule has 2 rings (SSSR count). The van der Waals surface area contributed by atoms with E-state index in [0.29, 0.717) is 6.04 Å². The van der Waals surface area contributed by atoms with E-state index in [1.165, 1.54) is 10.9 Å². The fourth-order valence-corrected chi connectivity index (χ4v) is 2.58. The summed E-state index contributed by atoms with van der Waals surface area (Å²) in [6.07, 6.45) is 3.10. The van der Waals surface area contributed by atoms with Gasteiger partial charge in [-0.25, -0.2) is 0 Å². The Morgan fingerprint density at radius 3 is 2.81 bits per heavy atom. The van der Waals surface area contributed by atoms with Crippen LogP contribution in [0.25, 0.3) is 10.9 Å². The summed E-state index contributed by atoms with van der Waals surface area (Å²) in [5, 5.41) is 9.51. The monoisotopic (exact) mass is 289 g/mol. The fourth-order valence-electron chi connectivity index (χ4n) is 2.58. The van der Waals surface area contributed by atoms with Crippen LogP contribution in [-0.2, 0) is 18.2 Å². The second-order valence-corrected chi connectivity index (χ2v) is 5.52. The Bertz CT molecular complexity index is 550. The molecule has 0 aliphatic carbocycles. The zero-order valence-electron chi connectivity index (χ0n) is 13.4. The van der Waals surface area contributed by atoms with Crippen molar-refractivity contribution in [1.29, 1.82) is 0 Å². The summed E-state index contributed by atoms with van der Waals surface area (Å²) < 4.78 is 7.70. The van der Waals surface area contributed by atoms with Crippen LogP contribution in [0.5, 0.6) is 0 Å². The molecule has 116 valence electrons. The van der Waals surface area contributed by atoms with Crippen molar-refractivity contribution in [2.24, 2.45) is 7.05 Å². The third-order valence-electron chi connectivity index (χ3n) is 3.62. The number of rotatable bonds is 9. The Morgan fingerprint density at radius 1 is 1.24 bits per heavy atom. The van der Waals surface area contributed by atoms with Gasteiger partial charge in [0.15, 0.2) is 0 Å². The van der Waals surface area contributed by atoms with Crippen LogP contribution in [0.4, 0.5) is 0 Å². The normalized spacial score (nSPS) is 12.9. The van der Waals surface area contributed by atoms with Crippen LogP contribution in [0.1, 0.15) is 32.4 Å². The van der Waals surface area contributed by atoms with E-state index in [4.69, 9.17) is 4.74 Å². The van der Waals surface area contributed by atoms with Gasteiger partial charge in [0.25, 0.3) is 0 Å². The second-order valence-electron chi connectivity index (χ2n) is 5.52. The van der Waals surface area contributed by atoms with Crippen molar-refractivity contribution in [3.8, 4) is 0 Å². The van der Waals surface area contributed by atoms with Gasteiger partial charge in [-0.2, -0.15) is 5.10 Å². The summed E-state index contributed by atoms with van der Waals surface area (Å²) in [6.45, 7) is 6.92. The SMILES string of the molecule is CCCNC(COCCC)Cc1nn(C)c2ccccc12. The molecule has 0 aliphatic rings. The molecule has 1 atom stereocenters. The molecule has 4 heteroatoms. The number of hydrogen-bond acceptors (Lipinski definition) is 3. The van der Waals surface area contributed by atoms with Crippen LogP contribution >= 0.6 is 0 Å². The van der Waals surface area contributed by atoms with Crippen LogP contribution in [-0.4, -0.2) is 35.6 Å². The van der Waals surface area contributed by atoms with Gasteiger partial charge in [0, 0.05) is 31.5 Å². The van der Waals surface area contributed by atoms with Gasteiger partial charge in [0.1, 0.15) is 0 Å². The molecule has 1 heterocycles. The van der Waals surface area contributed by atoms with Crippen molar-refractivity contribution in [2.75, 3.05) is 19.8 Å². The van der Waals surface area contributed by atoms with Crippen LogP contribution in [0, 0.1) is 0 Å². The Morgan fingerprint density at radius 2 is 2.05 bits per heavy atom. The maximum absolute atomic E-state index is 5.74. The minimum Gasteiger partial charge on any atom is -0.380 e.